The van der Waals surface area contributed by atoms with Crippen molar-refractivity contribution in [3.05, 3.63) is 78.3 Å². The van der Waals surface area contributed by atoms with Gasteiger partial charge in [-0.15, -0.1) is 0 Å². The molecule has 0 aliphatic heterocycles. The van der Waals surface area contributed by atoms with E-state index >= 15 is 0 Å². The zero-order chi connectivity index (χ0) is 25.7. The number of fused-ring (bicyclic) bond motifs is 1. The maximum Gasteiger partial charge on any atom is 0.336 e. The second-order valence-corrected chi connectivity index (χ2v) is 10.1. The van der Waals surface area contributed by atoms with Crippen LogP contribution in [-0.2, 0) is 7.05 Å². The Kier molecular flexibility index (Phi) is 8.68. The summed E-state index contributed by atoms with van der Waals surface area (Å²) in [5.74, 6) is 1.95. The van der Waals surface area contributed by atoms with Crippen molar-refractivity contribution in [2.75, 3.05) is 13.2 Å². The van der Waals surface area contributed by atoms with Gasteiger partial charge in [-0.25, -0.2) is 9.48 Å². The van der Waals surface area contributed by atoms with Crippen LogP contribution in [0.2, 0.25) is 5.02 Å². The largest absolute Gasteiger partial charge is 0.492 e. The number of hydrogen-bond acceptors (Lipinski definition) is 6. The number of aromatic nitrogens is 2. The maximum atomic E-state index is 11.6. The quantitative estimate of drug-likeness (QED) is 0.0839. The number of hydrogen-bond donors (Lipinski definition) is 0. The molecule has 4 aromatic rings. The predicted octanol–water partition coefficient (Wildman–Crippen LogP) is 6.86. The second-order valence-electron chi connectivity index (χ2n) is 8.46. The highest BCUT2D eigenvalue weighted by Crippen LogP contribution is 2.31. The number of aryl methyl sites for hydroxylation is 3. The lowest BCUT2D eigenvalue weighted by Gasteiger charge is -2.09. The molecule has 7 nitrogen and oxygen atoms in total. The Morgan fingerprint density at radius 2 is 1.92 bits per heavy atom. The Morgan fingerprint density at radius 3 is 2.69 bits per heavy atom. The molecule has 188 valence electrons. The van der Waals surface area contributed by atoms with E-state index in [0.29, 0.717) is 35.4 Å². The lowest BCUT2D eigenvalue weighted by atomic mass is 10.1. The summed E-state index contributed by atoms with van der Waals surface area (Å²) in [6, 6.07) is 12.8. The van der Waals surface area contributed by atoms with Gasteiger partial charge >= 0.3 is 5.63 Å². The van der Waals surface area contributed by atoms with Crippen molar-refractivity contribution in [1.29, 1.82) is 0 Å². The molecule has 2 aromatic heterocycles. The predicted molar refractivity (Wildman–Crippen MR) is 151 cm³/mol. The number of unbranched alkanes of at least 4 members (excludes halogenated alkanes) is 2. The second kappa shape index (κ2) is 11.9. The van der Waals surface area contributed by atoms with Crippen molar-refractivity contribution in [1.82, 2.24) is 9.78 Å². The van der Waals surface area contributed by atoms with Gasteiger partial charge in [-0.2, -0.15) is 5.10 Å². The molecule has 2 heterocycles. The SMILES string of the molecule is Cc1nn(C)c(Oc2ccc(I)cc2)c1C=NCCCCCOc1cc2oc(=O)cc(C)c2cc1Cl. The molecule has 0 unspecified atom stereocenters. The summed E-state index contributed by atoms with van der Waals surface area (Å²) >= 11 is 8.62. The van der Waals surface area contributed by atoms with Crippen LogP contribution in [0.5, 0.6) is 17.4 Å². The number of ether oxygens (including phenoxy) is 2. The average molecular weight is 620 g/mol. The Labute approximate surface area is 228 Å². The lowest BCUT2D eigenvalue weighted by Crippen LogP contribution is -2.01. The topological polar surface area (TPSA) is 78.8 Å². The third-order valence-electron chi connectivity index (χ3n) is 5.66. The molecule has 4 rings (SSSR count). The van der Waals surface area contributed by atoms with Crippen molar-refractivity contribution in [2.24, 2.45) is 12.0 Å². The fourth-order valence-corrected chi connectivity index (χ4v) is 4.37. The first-order chi connectivity index (χ1) is 17.3. The number of benzene rings is 2. The van der Waals surface area contributed by atoms with Crippen LogP contribution in [0.1, 0.15) is 36.1 Å². The lowest BCUT2D eigenvalue weighted by molar-refractivity contribution is 0.306. The molecule has 0 N–H and O–H groups in total. The maximum absolute atomic E-state index is 11.6. The monoisotopic (exact) mass is 619 g/mol. The van der Waals surface area contributed by atoms with Crippen molar-refractivity contribution in [3.8, 4) is 17.4 Å². The van der Waals surface area contributed by atoms with E-state index in [1.165, 1.54) is 6.07 Å². The molecule has 0 amide bonds. The smallest absolute Gasteiger partial charge is 0.336 e. The van der Waals surface area contributed by atoms with Gasteiger partial charge in [0.25, 0.3) is 0 Å². The van der Waals surface area contributed by atoms with Crippen LogP contribution < -0.4 is 15.1 Å². The standard InChI is InChI=1S/C27H27ClIN3O4/c1-17-13-26(33)36-24-15-25(23(28)14-21(17)24)34-12-6-4-5-11-30-16-22-18(2)31-32(3)27(22)35-20-9-7-19(29)8-10-20/h7-10,13-16H,4-6,11-12H2,1-3H3. The fraction of sp³-hybridized carbons (Fsp3) is 0.296. The van der Waals surface area contributed by atoms with Gasteiger partial charge in [0.1, 0.15) is 17.1 Å². The summed E-state index contributed by atoms with van der Waals surface area (Å²) in [4.78, 5) is 16.2. The van der Waals surface area contributed by atoms with E-state index in [0.717, 1.165) is 50.8 Å². The molecular formula is C27H27ClIN3O4. The Balaban J connectivity index is 1.26. The van der Waals surface area contributed by atoms with Crippen LogP contribution in [0.4, 0.5) is 0 Å². The first-order valence-corrected chi connectivity index (χ1v) is 13.1. The summed E-state index contributed by atoms with van der Waals surface area (Å²) in [6.07, 6.45) is 4.57. The van der Waals surface area contributed by atoms with Crippen LogP contribution in [0, 0.1) is 17.4 Å². The fourth-order valence-electron chi connectivity index (χ4n) is 3.79. The van der Waals surface area contributed by atoms with Crippen LogP contribution >= 0.6 is 34.2 Å². The van der Waals surface area contributed by atoms with Crippen molar-refractivity contribution in [3.63, 3.8) is 0 Å². The molecule has 0 aliphatic carbocycles. The zero-order valence-corrected chi connectivity index (χ0v) is 23.3. The number of halogens is 2. The molecule has 0 atom stereocenters. The van der Waals surface area contributed by atoms with Gasteiger partial charge in [0.05, 0.1) is 22.9 Å². The van der Waals surface area contributed by atoms with Crippen LogP contribution in [0.15, 0.2) is 56.7 Å². The van der Waals surface area contributed by atoms with E-state index in [-0.39, 0.29) is 5.63 Å². The first-order valence-electron chi connectivity index (χ1n) is 11.7. The molecule has 0 saturated heterocycles. The van der Waals surface area contributed by atoms with Crippen molar-refractivity contribution in [2.45, 2.75) is 33.1 Å². The first kappa shape index (κ1) is 26.2. The molecule has 36 heavy (non-hydrogen) atoms. The average Bonchev–Trinajstić information content (AvgIpc) is 3.09. The van der Waals surface area contributed by atoms with Gasteiger partial charge in [0.15, 0.2) is 0 Å². The zero-order valence-electron chi connectivity index (χ0n) is 20.4. The number of nitrogens with zero attached hydrogens (tertiary/aromatic N) is 3. The molecule has 9 heteroatoms. The molecule has 0 bridgehead atoms. The highest BCUT2D eigenvalue weighted by atomic mass is 127. The minimum absolute atomic E-state index is 0.385. The van der Waals surface area contributed by atoms with Gasteiger partial charge in [-0.3, -0.25) is 4.99 Å². The normalized spacial score (nSPS) is 11.5. The van der Waals surface area contributed by atoms with Crippen LogP contribution in [0.3, 0.4) is 0 Å². The van der Waals surface area contributed by atoms with Gasteiger partial charge in [-0.05, 0) is 91.6 Å². The number of rotatable bonds is 10. The van der Waals surface area contributed by atoms with E-state index in [2.05, 4.69) is 32.7 Å². The molecule has 0 spiro atoms. The van der Waals surface area contributed by atoms with E-state index in [1.54, 1.807) is 16.8 Å². The summed E-state index contributed by atoms with van der Waals surface area (Å²) in [5, 5.41) is 5.78. The molecule has 2 aromatic carbocycles. The minimum Gasteiger partial charge on any atom is -0.492 e. The molecular weight excluding hydrogens is 593 g/mol. The van der Waals surface area contributed by atoms with Crippen LogP contribution in [-0.4, -0.2) is 29.1 Å². The third-order valence-corrected chi connectivity index (χ3v) is 6.67. The van der Waals surface area contributed by atoms with E-state index in [9.17, 15) is 4.79 Å². The number of aliphatic imine (C=N–C) groups is 1. The molecule has 0 saturated carbocycles. The van der Waals surface area contributed by atoms with Crippen molar-refractivity contribution >= 4 is 51.4 Å². The van der Waals surface area contributed by atoms with Gasteiger partial charge in [0.2, 0.25) is 5.88 Å². The van der Waals surface area contributed by atoms with E-state index in [1.807, 2.05) is 51.4 Å². The van der Waals surface area contributed by atoms with E-state index < -0.39 is 0 Å². The Bertz CT molecular complexity index is 1440. The van der Waals surface area contributed by atoms with Crippen molar-refractivity contribution < 1.29 is 13.9 Å². The summed E-state index contributed by atoms with van der Waals surface area (Å²) in [5.41, 5.74) is 2.67. The molecule has 0 fully saturated rings. The molecule has 0 aliphatic rings. The van der Waals surface area contributed by atoms with Crippen LogP contribution in [0.25, 0.3) is 11.0 Å². The minimum atomic E-state index is -0.385. The van der Waals surface area contributed by atoms with Gasteiger partial charge in [0, 0.05) is 40.9 Å². The summed E-state index contributed by atoms with van der Waals surface area (Å²) < 4.78 is 20.1. The third kappa shape index (κ3) is 6.47. The Hall–Kier alpha value is -2.85. The van der Waals surface area contributed by atoms with Gasteiger partial charge < -0.3 is 13.9 Å². The summed E-state index contributed by atoms with van der Waals surface area (Å²) in [7, 11) is 1.86. The highest BCUT2D eigenvalue weighted by molar-refractivity contribution is 14.1. The Morgan fingerprint density at radius 1 is 1.14 bits per heavy atom. The summed E-state index contributed by atoms with van der Waals surface area (Å²) in [6.45, 7) is 5.01. The molecule has 0 radical (unpaired) electrons. The van der Waals surface area contributed by atoms with E-state index in [4.69, 9.17) is 25.5 Å². The van der Waals surface area contributed by atoms with Gasteiger partial charge in [-0.1, -0.05) is 11.6 Å². The highest BCUT2D eigenvalue weighted by Gasteiger charge is 2.14.